The summed E-state index contributed by atoms with van der Waals surface area (Å²) in [6.45, 7) is 0. The number of aromatic nitrogens is 1. The lowest BCUT2D eigenvalue weighted by atomic mass is 10.2. The lowest BCUT2D eigenvalue weighted by molar-refractivity contribution is 0.553. The fraction of sp³-hybridized carbons (Fsp3) is 0. The Morgan fingerprint density at radius 2 is 2.14 bits per heavy atom. The molecule has 0 amide bonds. The van der Waals surface area contributed by atoms with Gasteiger partial charge in [0.1, 0.15) is 17.3 Å². The van der Waals surface area contributed by atoms with E-state index < -0.39 is 5.63 Å². The van der Waals surface area contributed by atoms with E-state index in [-0.39, 0.29) is 0 Å². The van der Waals surface area contributed by atoms with Gasteiger partial charge in [0, 0.05) is 11.5 Å². The normalized spacial score (nSPS) is 11.1. The number of furan rings is 1. The zero-order chi connectivity index (χ0) is 9.54. The molecular formula is C10H5NO3. The number of fused-ring (bicyclic) bond motifs is 2. The van der Waals surface area contributed by atoms with Crippen molar-refractivity contribution in [2.45, 2.75) is 0 Å². The summed E-state index contributed by atoms with van der Waals surface area (Å²) in [5, 5.41) is 0.943. The molecule has 3 rings (SSSR count). The van der Waals surface area contributed by atoms with Crippen molar-refractivity contribution in [1.29, 1.82) is 0 Å². The third kappa shape index (κ3) is 0.939. The van der Waals surface area contributed by atoms with E-state index in [2.05, 4.69) is 4.98 Å². The van der Waals surface area contributed by atoms with Crippen molar-refractivity contribution in [3.05, 3.63) is 41.1 Å². The average Bonchev–Trinajstić information content (AvgIpc) is 2.61. The molecule has 0 spiro atoms. The Hall–Kier alpha value is -2.10. The largest absolute Gasteiger partial charge is 0.464 e. The van der Waals surface area contributed by atoms with Crippen LogP contribution in [0.15, 0.2) is 44.3 Å². The predicted octanol–water partition coefficient (Wildman–Crippen LogP) is 1.93. The minimum atomic E-state index is -0.455. The van der Waals surface area contributed by atoms with Gasteiger partial charge in [-0.2, -0.15) is 0 Å². The van der Waals surface area contributed by atoms with Gasteiger partial charge in [0.2, 0.25) is 0 Å². The molecule has 0 saturated carbocycles. The summed E-state index contributed by atoms with van der Waals surface area (Å²) in [6, 6.07) is 5.32. The maximum atomic E-state index is 10.9. The van der Waals surface area contributed by atoms with E-state index in [1.54, 1.807) is 12.3 Å². The van der Waals surface area contributed by atoms with Gasteiger partial charge in [-0.15, -0.1) is 0 Å². The van der Waals surface area contributed by atoms with Crippen LogP contribution in [0.4, 0.5) is 0 Å². The second-order valence-corrected chi connectivity index (χ2v) is 2.96. The van der Waals surface area contributed by atoms with Crippen LogP contribution in [-0.4, -0.2) is 4.98 Å². The fourth-order valence-electron chi connectivity index (χ4n) is 1.42. The summed E-state index contributed by atoms with van der Waals surface area (Å²) in [4.78, 5) is 14.9. The zero-order valence-corrected chi connectivity index (χ0v) is 7.06. The van der Waals surface area contributed by atoms with Crippen molar-refractivity contribution in [1.82, 2.24) is 4.98 Å². The van der Waals surface area contributed by atoms with Crippen LogP contribution >= 0.6 is 0 Å². The molecule has 0 unspecified atom stereocenters. The van der Waals surface area contributed by atoms with Gasteiger partial charge in [0.05, 0.1) is 6.26 Å². The molecule has 0 saturated heterocycles. The summed E-state index contributed by atoms with van der Waals surface area (Å²) in [5.41, 5.74) is 1.33. The minimum Gasteiger partial charge on any atom is -0.464 e. The van der Waals surface area contributed by atoms with E-state index in [4.69, 9.17) is 8.83 Å². The molecule has 0 aliphatic heterocycles. The molecule has 0 aliphatic carbocycles. The first-order valence-corrected chi connectivity index (χ1v) is 4.10. The molecule has 0 bridgehead atoms. The Bertz CT molecular complexity index is 665. The van der Waals surface area contributed by atoms with Gasteiger partial charge in [-0.25, -0.2) is 9.78 Å². The predicted molar refractivity (Wildman–Crippen MR) is 50.1 cm³/mol. The van der Waals surface area contributed by atoms with Crippen LogP contribution in [0.3, 0.4) is 0 Å². The van der Waals surface area contributed by atoms with Crippen molar-refractivity contribution in [2.24, 2.45) is 0 Å². The maximum Gasteiger partial charge on any atom is 0.354 e. The van der Waals surface area contributed by atoms with Crippen LogP contribution in [0, 0.1) is 0 Å². The summed E-state index contributed by atoms with van der Waals surface area (Å²) < 4.78 is 10.1. The highest BCUT2D eigenvalue weighted by Crippen LogP contribution is 2.20. The first-order chi connectivity index (χ1) is 6.83. The van der Waals surface area contributed by atoms with Crippen LogP contribution < -0.4 is 5.63 Å². The van der Waals surface area contributed by atoms with Crippen LogP contribution in [0.5, 0.6) is 0 Å². The molecule has 68 valence electrons. The molecule has 0 radical (unpaired) electrons. The molecule has 0 aliphatic rings. The molecule has 3 aromatic rings. The van der Waals surface area contributed by atoms with Crippen molar-refractivity contribution in [3.8, 4) is 0 Å². The van der Waals surface area contributed by atoms with Crippen molar-refractivity contribution >= 4 is 22.1 Å². The monoisotopic (exact) mass is 187 g/mol. The fourth-order valence-corrected chi connectivity index (χ4v) is 1.42. The Kier molecular flexibility index (Phi) is 1.28. The van der Waals surface area contributed by atoms with Crippen LogP contribution in [-0.2, 0) is 0 Å². The van der Waals surface area contributed by atoms with Crippen molar-refractivity contribution < 1.29 is 8.83 Å². The Morgan fingerprint density at radius 1 is 1.21 bits per heavy atom. The molecule has 0 N–H and O–H groups in total. The second kappa shape index (κ2) is 2.45. The molecule has 0 atom stereocenters. The topological polar surface area (TPSA) is 56.2 Å². The molecular weight excluding hydrogens is 182 g/mol. The molecule has 0 fully saturated rings. The van der Waals surface area contributed by atoms with Crippen LogP contribution in [0.2, 0.25) is 0 Å². The van der Waals surface area contributed by atoms with Gasteiger partial charge < -0.3 is 8.83 Å². The van der Waals surface area contributed by atoms with E-state index in [0.717, 1.165) is 11.6 Å². The first-order valence-electron chi connectivity index (χ1n) is 4.10. The van der Waals surface area contributed by atoms with Gasteiger partial charge in [0.25, 0.3) is 0 Å². The summed E-state index contributed by atoms with van der Waals surface area (Å²) >= 11 is 0. The number of hydrogen-bond acceptors (Lipinski definition) is 4. The third-order valence-corrected chi connectivity index (χ3v) is 2.05. The lowest BCUT2D eigenvalue weighted by Gasteiger charge is -1.93. The molecule has 4 heteroatoms. The van der Waals surface area contributed by atoms with Crippen molar-refractivity contribution in [2.75, 3.05) is 0 Å². The van der Waals surface area contributed by atoms with E-state index in [1.165, 1.54) is 0 Å². The van der Waals surface area contributed by atoms with Crippen LogP contribution in [0.25, 0.3) is 22.1 Å². The SMILES string of the molecule is O=c1cnc2cc3ccoc3cc2o1. The number of benzene rings is 1. The smallest absolute Gasteiger partial charge is 0.354 e. The standard InChI is InChI=1S/C10H5NO3/c12-10-5-11-7-3-6-1-2-13-8(6)4-9(7)14-10/h1-5H. The van der Waals surface area contributed by atoms with Gasteiger partial charge in [-0.3, -0.25) is 0 Å². The molecule has 14 heavy (non-hydrogen) atoms. The van der Waals surface area contributed by atoms with Gasteiger partial charge in [-0.05, 0) is 12.1 Å². The molecule has 2 aromatic heterocycles. The van der Waals surface area contributed by atoms with Gasteiger partial charge in [0.15, 0.2) is 5.58 Å². The Balaban J connectivity index is 2.56. The first kappa shape index (κ1) is 7.32. The minimum absolute atomic E-state index is 0.444. The molecule has 1 aromatic carbocycles. The van der Waals surface area contributed by atoms with E-state index in [9.17, 15) is 4.79 Å². The van der Waals surface area contributed by atoms with E-state index in [0.29, 0.717) is 16.7 Å². The number of nitrogens with zero attached hydrogens (tertiary/aromatic N) is 1. The lowest BCUT2D eigenvalue weighted by Crippen LogP contribution is -1.97. The second-order valence-electron chi connectivity index (χ2n) is 2.96. The molecule has 2 heterocycles. The molecule has 4 nitrogen and oxygen atoms in total. The Labute approximate surface area is 77.8 Å². The highest BCUT2D eigenvalue weighted by molar-refractivity contribution is 5.90. The summed E-state index contributed by atoms with van der Waals surface area (Å²) in [6.07, 6.45) is 2.75. The van der Waals surface area contributed by atoms with Crippen LogP contribution in [0.1, 0.15) is 0 Å². The summed E-state index contributed by atoms with van der Waals surface area (Å²) in [5.74, 6) is 0. The third-order valence-electron chi connectivity index (χ3n) is 2.05. The Morgan fingerprint density at radius 3 is 3.07 bits per heavy atom. The number of hydrogen-bond donors (Lipinski definition) is 0. The quantitative estimate of drug-likeness (QED) is 0.539. The average molecular weight is 187 g/mol. The highest BCUT2D eigenvalue weighted by Gasteiger charge is 2.03. The van der Waals surface area contributed by atoms with E-state index in [1.807, 2.05) is 12.1 Å². The van der Waals surface area contributed by atoms with Gasteiger partial charge in [-0.1, -0.05) is 0 Å². The van der Waals surface area contributed by atoms with Crippen molar-refractivity contribution in [3.63, 3.8) is 0 Å². The van der Waals surface area contributed by atoms with E-state index >= 15 is 0 Å². The zero-order valence-electron chi connectivity index (χ0n) is 7.06. The van der Waals surface area contributed by atoms with Gasteiger partial charge >= 0.3 is 5.63 Å². The summed E-state index contributed by atoms with van der Waals surface area (Å²) in [7, 11) is 0. The maximum absolute atomic E-state index is 10.9. The highest BCUT2D eigenvalue weighted by atomic mass is 16.4. The number of rotatable bonds is 0.